The summed E-state index contributed by atoms with van der Waals surface area (Å²) >= 11 is 0. The van der Waals surface area contributed by atoms with E-state index in [-0.39, 0.29) is 32.9 Å². The Kier molecular flexibility index (Phi) is 27.5. The molecule has 742 valence electrons. The largest absolute Gasteiger partial charge is 0.221 e. The molecule has 0 radical (unpaired) electrons. The second-order valence-electron chi connectivity index (χ2n) is 51.3. The van der Waals surface area contributed by atoms with Crippen molar-refractivity contribution in [3.8, 4) is 67.4 Å². The van der Waals surface area contributed by atoms with Crippen LogP contribution in [0.25, 0.3) is 132 Å². The number of halogens is 1. The van der Waals surface area contributed by atoms with Gasteiger partial charge < -0.3 is 0 Å². The molecule has 17 aromatic rings. The normalized spacial score (nSPS) is 14.9. The van der Waals surface area contributed by atoms with Crippen LogP contribution in [0.2, 0.25) is 0 Å². The summed E-state index contributed by atoms with van der Waals surface area (Å²) in [7, 11) is 10.9. The minimum atomic E-state index is -0.0941. The summed E-state index contributed by atoms with van der Waals surface area (Å²) < 4.78 is 26.1. The van der Waals surface area contributed by atoms with Crippen molar-refractivity contribution >= 4 is 64.6 Å². The van der Waals surface area contributed by atoms with Crippen LogP contribution >= 0.6 is 0 Å². The number of pyridine rings is 5. The second-order valence-corrected chi connectivity index (χ2v) is 51.3. The molecule has 4 aliphatic carbocycles. The van der Waals surface area contributed by atoms with Crippen LogP contribution in [0.1, 0.15) is 291 Å². The van der Waals surface area contributed by atoms with E-state index in [1.165, 1.54) is 241 Å². The number of aromatic nitrogens is 5. The summed E-state index contributed by atoms with van der Waals surface area (Å²) in [4.78, 5) is 0. The molecule has 4 aliphatic rings. The highest BCUT2D eigenvalue weighted by Gasteiger charge is 2.43. The molecular formula is C138H163FN5+5. The van der Waals surface area contributed by atoms with E-state index in [0.29, 0.717) is 16.4 Å². The topological polar surface area (TPSA) is 19.4 Å². The first kappa shape index (κ1) is 103. The molecule has 2 unspecified atom stereocenters. The maximum absolute atomic E-state index is 14.4. The van der Waals surface area contributed by atoms with Crippen LogP contribution in [0.15, 0.2) is 224 Å². The van der Waals surface area contributed by atoms with E-state index in [1.807, 2.05) is 26.8 Å². The van der Waals surface area contributed by atoms with E-state index < -0.39 is 0 Å². The first-order valence-electron chi connectivity index (χ1n) is 53.3. The molecule has 0 aliphatic heterocycles. The standard InChI is InChI=1S/C32H36N.C28H34N.C27H30N.C26H32N.C25H31FN/c1-20-15-27-25-11-9-10-12-28(25)32(6,7)29(27)18-26(20)30-24-14-13-22(19-31(3,4)5)17-23(24)16-21(2)33(30)8;1-17-11-25-20-8-9-21(14-20)26(25)15-24(17)27-23-10-7-19(16-28(3,4)5)13-22(23)12-18(2)29(27)6;1-18-13-21-9-7-8-10-22(21)16-25(18)26-24-12-11-20(17-27(3,4)5)15-23(24)14-19(2)28(26)6;1-16-10-9-11-20-22(16)24-23-19(12-17(2)27(24)8)13-18(15-25(3,4)5)14-21(23)26(20,6)7;1-15-11-22(17(3)18(4)23(15)26)24-21-10-9-19(14-25(5,6)7)13-20(21)12-16(2)27(24)8/h9-18H,19H2,1-8H3;7,10-13,15,20-21H,8-9,14,16H2,1-6H3;7-16H,17H2,1-6H3;9-14H,15H2,1-8H3;9-13H,14H2,1-8H3/q5*+1. The van der Waals surface area contributed by atoms with E-state index in [1.54, 1.807) is 11.1 Å². The van der Waals surface area contributed by atoms with Crippen LogP contribution in [-0.4, -0.2) is 0 Å². The highest BCUT2D eigenvalue weighted by molar-refractivity contribution is 6.03. The zero-order chi connectivity index (χ0) is 104. The average molecular weight is 1910 g/mol. The average Bonchev–Trinajstić information content (AvgIpc) is 0.985. The molecule has 5 aromatic heterocycles. The van der Waals surface area contributed by atoms with E-state index in [0.717, 1.165) is 66.3 Å². The molecule has 2 atom stereocenters. The van der Waals surface area contributed by atoms with Gasteiger partial charge in [0.05, 0.1) is 54.7 Å². The Balaban J connectivity index is 0.000000124. The van der Waals surface area contributed by atoms with Gasteiger partial charge in [-0.25, -0.2) is 4.39 Å². The highest BCUT2D eigenvalue weighted by atomic mass is 19.1. The number of fused-ring (bicyclic) bond motifs is 15. The van der Waals surface area contributed by atoms with Crippen LogP contribution in [-0.2, 0) is 78.2 Å². The van der Waals surface area contributed by atoms with Crippen molar-refractivity contribution in [3.63, 3.8) is 0 Å². The molecular weight excluding hydrogens is 1750 g/mol. The zero-order valence-corrected chi connectivity index (χ0v) is 94.3. The molecule has 5 nitrogen and oxygen atoms in total. The molecule has 12 aromatic carbocycles. The van der Waals surface area contributed by atoms with Crippen molar-refractivity contribution in [1.82, 2.24) is 0 Å². The lowest BCUT2D eigenvalue weighted by molar-refractivity contribution is -0.665. The summed E-state index contributed by atoms with van der Waals surface area (Å²) in [5, 5.41) is 16.0. The monoisotopic (exact) mass is 1910 g/mol. The molecule has 5 heterocycles. The Labute approximate surface area is 863 Å². The van der Waals surface area contributed by atoms with Crippen molar-refractivity contribution in [3.05, 3.63) is 359 Å². The third-order valence-electron chi connectivity index (χ3n) is 32.4. The Bertz CT molecular complexity index is 8040. The fourth-order valence-corrected chi connectivity index (χ4v) is 24.9. The van der Waals surface area contributed by atoms with Gasteiger partial charge in [0.1, 0.15) is 41.1 Å². The van der Waals surface area contributed by atoms with Gasteiger partial charge in [0.15, 0.2) is 28.5 Å². The van der Waals surface area contributed by atoms with Gasteiger partial charge in [-0.3, -0.25) is 0 Å². The number of aryl methyl sites for hydroxylation is 10. The minimum absolute atomic E-state index is 0.00273. The Hall–Kier alpha value is -12.1. The fraction of sp³-hybridized carbons (Fsp3) is 0.384. The smallest absolute Gasteiger partial charge is 0.206 e. The van der Waals surface area contributed by atoms with Crippen molar-refractivity contribution in [2.24, 2.45) is 62.3 Å². The lowest BCUT2D eigenvalue weighted by Crippen LogP contribution is -2.38. The number of hydrogen-bond acceptors (Lipinski definition) is 0. The molecule has 1 fully saturated rings. The van der Waals surface area contributed by atoms with Crippen LogP contribution in [0.5, 0.6) is 0 Å². The lowest BCUT2D eigenvalue weighted by atomic mass is 9.68. The Morgan fingerprint density at radius 3 is 1.06 bits per heavy atom. The predicted octanol–water partition coefficient (Wildman–Crippen LogP) is 33.9. The highest BCUT2D eigenvalue weighted by Crippen LogP contribution is 2.56. The van der Waals surface area contributed by atoms with Gasteiger partial charge in [0.2, 0.25) is 28.5 Å². The van der Waals surface area contributed by atoms with Gasteiger partial charge in [-0.2, -0.15) is 22.8 Å². The number of benzene rings is 12. The SMILES string of the molecule is Cc1cc(-c2c3ccc(CC(C)(C)C)cc3cc(C)[n+]2C)c(C)c(C)c1F.Cc1cc2c(cc1-c1c3ccc(CC(C)(C)C)cc3cc(C)[n+]1C)C(C)(C)c1ccccc1-2.Cc1cc2c(cc1-c1c3ccc(CC(C)(C)C)cc3cc(C)[n+]1C)C1CCC2C1.Cc1cc2ccccc2cc1-c1c2ccc(CC(C)(C)C)cc2cc(C)[n+]1C.Cc1cccc2c1-c1c3c(cc(CC(C)(C)C)cc3cc(C)[n+]1C)C2(C)C. The maximum atomic E-state index is 14.4. The van der Waals surface area contributed by atoms with Crippen molar-refractivity contribution in [1.29, 1.82) is 0 Å². The molecule has 144 heavy (non-hydrogen) atoms. The molecule has 1 saturated carbocycles. The molecule has 0 spiro atoms. The summed E-state index contributed by atoms with van der Waals surface area (Å²) in [6, 6.07) is 85.5. The van der Waals surface area contributed by atoms with E-state index in [9.17, 15) is 4.39 Å². The molecule has 2 bridgehead atoms. The van der Waals surface area contributed by atoms with Gasteiger partial charge >= 0.3 is 0 Å². The van der Waals surface area contributed by atoms with E-state index in [2.05, 4.69) is 470 Å². The molecule has 0 N–H and O–H groups in total. The third-order valence-corrected chi connectivity index (χ3v) is 32.4. The van der Waals surface area contributed by atoms with Crippen molar-refractivity contribution < 1.29 is 27.2 Å². The van der Waals surface area contributed by atoms with Crippen LogP contribution in [0, 0.1) is 116 Å². The molecule has 21 rings (SSSR count). The summed E-state index contributed by atoms with van der Waals surface area (Å²) in [5.74, 6) is 1.53. The first-order chi connectivity index (χ1) is 67.4. The zero-order valence-electron chi connectivity index (χ0n) is 94.3. The maximum Gasteiger partial charge on any atom is 0.221 e. The van der Waals surface area contributed by atoms with Gasteiger partial charge in [0, 0.05) is 75.8 Å². The quantitative estimate of drug-likeness (QED) is 0.128. The van der Waals surface area contributed by atoms with Crippen LogP contribution in [0.3, 0.4) is 0 Å². The molecule has 0 saturated heterocycles. The van der Waals surface area contributed by atoms with Gasteiger partial charge in [0.25, 0.3) is 0 Å². The van der Waals surface area contributed by atoms with Crippen LogP contribution in [0.4, 0.5) is 4.39 Å². The van der Waals surface area contributed by atoms with Crippen molar-refractivity contribution in [2.75, 3.05) is 0 Å². The fourth-order valence-electron chi connectivity index (χ4n) is 24.9. The number of rotatable bonds is 9. The summed E-state index contributed by atoms with van der Waals surface area (Å²) in [5.41, 5.74) is 47.8. The van der Waals surface area contributed by atoms with Crippen molar-refractivity contribution in [2.45, 2.75) is 289 Å². The van der Waals surface area contributed by atoms with Gasteiger partial charge in [-0.15, -0.1) is 0 Å². The number of hydrogen-bond donors (Lipinski definition) is 0. The Morgan fingerprint density at radius 1 is 0.264 bits per heavy atom. The number of nitrogens with zero attached hydrogens (tertiary/aromatic N) is 5. The minimum Gasteiger partial charge on any atom is -0.206 e. The lowest BCUT2D eigenvalue weighted by Gasteiger charge is -2.35. The van der Waals surface area contributed by atoms with Gasteiger partial charge in [-0.1, -0.05) is 277 Å². The second kappa shape index (κ2) is 38.4. The van der Waals surface area contributed by atoms with E-state index in [4.69, 9.17) is 0 Å². The van der Waals surface area contributed by atoms with Crippen LogP contribution < -0.4 is 22.8 Å². The van der Waals surface area contributed by atoms with Gasteiger partial charge in [-0.05, 0) is 336 Å². The predicted molar refractivity (Wildman–Crippen MR) is 612 cm³/mol. The third kappa shape index (κ3) is 20.3. The summed E-state index contributed by atoms with van der Waals surface area (Å²) in [6.45, 7) is 70.0. The molecule has 6 heteroatoms. The van der Waals surface area contributed by atoms with E-state index >= 15 is 0 Å². The summed E-state index contributed by atoms with van der Waals surface area (Å²) in [6.07, 6.45) is 9.60. The first-order valence-corrected chi connectivity index (χ1v) is 53.3. The molecule has 0 amide bonds. The Morgan fingerprint density at radius 2 is 0.611 bits per heavy atom.